The summed E-state index contributed by atoms with van der Waals surface area (Å²) in [5.41, 5.74) is 4.80. The number of phenolic OH excluding ortho intramolecular Hbond substituents is 1. The summed E-state index contributed by atoms with van der Waals surface area (Å²) in [6, 6.07) is 11.1. The second-order valence-corrected chi connectivity index (χ2v) is 7.67. The highest BCUT2D eigenvalue weighted by Crippen LogP contribution is 2.31. The summed E-state index contributed by atoms with van der Waals surface area (Å²) in [5, 5.41) is 17.3. The lowest BCUT2D eigenvalue weighted by Crippen LogP contribution is -2.15. The van der Waals surface area contributed by atoms with E-state index in [1.54, 1.807) is 23.0 Å². The summed E-state index contributed by atoms with van der Waals surface area (Å²) in [5.74, 6) is 0.847. The number of aryl methyl sites for hydroxylation is 3. The van der Waals surface area contributed by atoms with Crippen molar-refractivity contribution in [3.63, 3.8) is 0 Å². The van der Waals surface area contributed by atoms with Crippen LogP contribution in [0.3, 0.4) is 0 Å². The molecule has 0 saturated carbocycles. The first kappa shape index (κ1) is 20.5. The first-order valence-corrected chi connectivity index (χ1v) is 9.62. The standard InChI is InChI=1S/C23H27N3O3/c1-14(2)19-12-21(17(5)11-22(19)27)24-23(28)20-6-7-26(25-20)13-29-18-9-15(3)8-16(4)10-18/h6-12,14,27H,13H2,1-5H3,(H,24,28). The van der Waals surface area contributed by atoms with E-state index in [1.807, 2.05) is 52.8 Å². The van der Waals surface area contributed by atoms with Gasteiger partial charge in [-0.05, 0) is 79.3 Å². The Balaban J connectivity index is 1.69. The van der Waals surface area contributed by atoms with Gasteiger partial charge in [-0.1, -0.05) is 19.9 Å². The van der Waals surface area contributed by atoms with Gasteiger partial charge in [-0.2, -0.15) is 5.10 Å². The summed E-state index contributed by atoms with van der Waals surface area (Å²) in [6.45, 7) is 10.1. The van der Waals surface area contributed by atoms with Crippen molar-refractivity contribution in [3.8, 4) is 11.5 Å². The van der Waals surface area contributed by atoms with E-state index in [0.717, 1.165) is 28.0 Å². The van der Waals surface area contributed by atoms with Crippen molar-refractivity contribution in [2.45, 2.75) is 47.3 Å². The molecule has 3 rings (SSSR count). The molecule has 2 aromatic carbocycles. The van der Waals surface area contributed by atoms with Crippen LogP contribution in [0.4, 0.5) is 5.69 Å². The van der Waals surface area contributed by atoms with Gasteiger partial charge in [-0.25, -0.2) is 4.68 Å². The van der Waals surface area contributed by atoms with E-state index < -0.39 is 0 Å². The molecule has 152 valence electrons. The first-order valence-electron chi connectivity index (χ1n) is 9.62. The van der Waals surface area contributed by atoms with Gasteiger partial charge in [0.2, 0.25) is 0 Å². The minimum absolute atomic E-state index is 0.146. The molecule has 29 heavy (non-hydrogen) atoms. The number of phenols is 1. The van der Waals surface area contributed by atoms with Gasteiger partial charge >= 0.3 is 0 Å². The summed E-state index contributed by atoms with van der Waals surface area (Å²) < 4.78 is 7.36. The predicted octanol–water partition coefficient (Wildman–Crippen LogP) is 4.93. The van der Waals surface area contributed by atoms with Crippen molar-refractivity contribution in [1.29, 1.82) is 0 Å². The Kier molecular flexibility index (Phi) is 5.92. The number of nitrogens with zero attached hydrogens (tertiary/aromatic N) is 2. The minimum Gasteiger partial charge on any atom is -0.508 e. The molecule has 3 aromatic rings. The van der Waals surface area contributed by atoms with Crippen molar-refractivity contribution < 1.29 is 14.6 Å². The van der Waals surface area contributed by atoms with Gasteiger partial charge in [0.15, 0.2) is 12.4 Å². The second kappa shape index (κ2) is 8.39. The maximum Gasteiger partial charge on any atom is 0.276 e. The molecule has 0 spiro atoms. The van der Waals surface area contributed by atoms with Crippen molar-refractivity contribution in [2.24, 2.45) is 0 Å². The van der Waals surface area contributed by atoms with Crippen molar-refractivity contribution >= 4 is 11.6 Å². The zero-order valence-electron chi connectivity index (χ0n) is 17.5. The molecule has 0 unspecified atom stereocenters. The van der Waals surface area contributed by atoms with Crippen LogP contribution in [0.15, 0.2) is 42.6 Å². The van der Waals surface area contributed by atoms with E-state index in [2.05, 4.69) is 16.5 Å². The Morgan fingerprint density at radius 2 is 1.83 bits per heavy atom. The quantitative estimate of drug-likeness (QED) is 0.583. The van der Waals surface area contributed by atoms with Gasteiger partial charge in [0.05, 0.1) is 0 Å². The van der Waals surface area contributed by atoms with Gasteiger partial charge in [-0.3, -0.25) is 4.79 Å². The highest BCUT2D eigenvalue weighted by Gasteiger charge is 2.15. The van der Waals surface area contributed by atoms with E-state index in [9.17, 15) is 9.90 Å². The van der Waals surface area contributed by atoms with E-state index in [1.165, 1.54) is 0 Å². The third-order valence-corrected chi connectivity index (χ3v) is 4.68. The molecule has 6 nitrogen and oxygen atoms in total. The number of rotatable bonds is 6. The minimum atomic E-state index is -0.307. The van der Waals surface area contributed by atoms with Crippen LogP contribution in [0, 0.1) is 20.8 Å². The molecule has 0 radical (unpaired) electrons. The number of aromatic hydroxyl groups is 1. The van der Waals surface area contributed by atoms with E-state index in [-0.39, 0.29) is 24.3 Å². The number of nitrogens with one attached hydrogen (secondary N) is 1. The lowest BCUT2D eigenvalue weighted by Gasteiger charge is -2.14. The molecular weight excluding hydrogens is 366 g/mol. The Labute approximate surface area is 171 Å². The molecule has 0 aliphatic heterocycles. The number of carbonyl (C=O) groups excluding carboxylic acids is 1. The number of ether oxygens (including phenoxy) is 1. The number of anilines is 1. The Bertz CT molecular complexity index is 1020. The zero-order valence-corrected chi connectivity index (χ0v) is 17.5. The Morgan fingerprint density at radius 3 is 2.48 bits per heavy atom. The molecule has 0 fully saturated rings. The maximum absolute atomic E-state index is 12.6. The van der Waals surface area contributed by atoms with Crippen molar-refractivity contribution in [2.75, 3.05) is 5.32 Å². The number of benzene rings is 2. The van der Waals surface area contributed by atoms with Crippen LogP contribution in [-0.4, -0.2) is 20.8 Å². The Morgan fingerprint density at radius 1 is 1.14 bits per heavy atom. The third-order valence-electron chi connectivity index (χ3n) is 4.68. The van der Waals surface area contributed by atoms with Crippen LogP contribution < -0.4 is 10.1 Å². The molecule has 0 aliphatic rings. The topological polar surface area (TPSA) is 76.4 Å². The summed E-state index contributed by atoms with van der Waals surface area (Å²) in [6.07, 6.45) is 1.71. The van der Waals surface area contributed by atoms with Gasteiger partial charge in [-0.15, -0.1) is 0 Å². The monoisotopic (exact) mass is 393 g/mol. The van der Waals surface area contributed by atoms with Crippen LogP contribution in [0.2, 0.25) is 0 Å². The molecule has 0 bridgehead atoms. The van der Waals surface area contributed by atoms with Crippen molar-refractivity contribution in [3.05, 3.63) is 70.5 Å². The number of hydrogen-bond donors (Lipinski definition) is 2. The highest BCUT2D eigenvalue weighted by molar-refractivity contribution is 6.03. The van der Waals surface area contributed by atoms with Crippen molar-refractivity contribution in [1.82, 2.24) is 9.78 Å². The first-order chi connectivity index (χ1) is 13.7. The molecule has 0 aliphatic carbocycles. The second-order valence-electron chi connectivity index (χ2n) is 7.67. The zero-order chi connectivity index (χ0) is 21.1. The fourth-order valence-corrected chi connectivity index (χ4v) is 3.20. The normalized spacial score (nSPS) is 11.0. The van der Waals surface area contributed by atoms with E-state index in [0.29, 0.717) is 11.4 Å². The fraction of sp³-hybridized carbons (Fsp3) is 0.304. The lowest BCUT2D eigenvalue weighted by molar-refractivity contribution is 0.102. The van der Waals surface area contributed by atoms with Crippen LogP contribution >= 0.6 is 0 Å². The van der Waals surface area contributed by atoms with Gasteiger partial charge in [0, 0.05) is 11.9 Å². The largest absolute Gasteiger partial charge is 0.508 e. The fourth-order valence-electron chi connectivity index (χ4n) is 3.20. The summed E-state index contributed by atoms with van der Waals surface area (Å²) in [4.78, 5) is 12.6. The molecule has 1 heterocycles. The van der Waals surface area contributed by atoms with Gasteiger partial charge in [0.25, 0.3) is 5.91 Å². The molecular formula is C23H27N3O3. The number of hydrogen-bond acceptors (Lipinski definition) is 4. The van der Waals surface area contributed by atoms with Gasteiger partial charge in [0.1, 0.15) is 11.5 Å². The van der Waals surface area contributed by atoms with E-state index in [4.69, 9.17) is 4.74 Å². The average molecular weight is 393 g/mol. The predicted molar refractivity (Wildman–Crippen MR) is 114 cm³/mol. The Hall–Kier alpha value is -3.28. The van der Waals surface area contributed by atoms with Crippen LogP contribution in [0.5, 0.6) is 11.5 Å². The molecule has 0 atom stereocenters. The van der Waals surface area contributed by atoms with Gasteiger partial charge < -0.3 is 15.2 Å². The van der Waals surface area contributed by atoms with Crippen LogP contribution in [0.1, 0.15) is 52.5 Å². The number of aromatic nitrogens is 2. The summed E-state index contributed by atoms with van der Waals surface area (Å²) >= 11 is 0. The summed E-state index contributed by atoms with van der Waals surface area (Å²) in [7, 11) is 0. The SMILES string of the molecule is Cc1cc(C)cc(OCn2ccc(C(=O)Nc3cc(C(C)C)c(O)cc3C)n2)c1. The molecule has 2 N–H and O–H groups in total. The average Bonchev–Trinajstić information content (AvgIpc) is 3.10. The highest BCUT2D eigenvalue weighted by atomic mass is 16.5. The van der Waals surface area contributed by atoms with Crippen LogP contribution in [0.25, 0.3) is 0 Å². The lowest BCUT2D eigenvalue weighted by atomic mass is 9.99. The molecule has 6 heteroatoms. The number of amides is 1. The molecule has 1 amide bonds. The third kappa shape index (κ3) is 4.96. The smallest absolute Gasteiger partial charge is 0.276 e. The van der Waals surface area contributed by atoms with E-state index >= 15 is 0 Å². The maximum atomic E-state index is 12.6. The number of carbonyl (C=O) groups is 1. The molecule has 0 saturated heterocycles. The van der Waals surface area contributed by atoms with Crippen LogP contribution in [-0.2, 0) is 6.73 Å². The molecule has 1 aromatic heterocycles.